The summed E-state index contributed by atoms with van der Waals surface area (Å²) in [7, 11) is 1.58. The molecule has 43 heavy (non-hydrogen) atoms. The van der Waals surface area contributed by atoms with E-state index in [9.17, 15) is 14.4 Å². The van der Waals surface area contributed by atoms with Gasteiger partial charge in [-0.3, -0.25) is 14.2 Å². The second-order valence-electron chi connectivity index (χ2n) is 9.83. The molecule has 1 N–H and O–H groups in total. The third kappa shape index (κ3) is 5.74. The lowest BCUT2D eigenvalue weighted by molar-refractivity contribution is -0.139. The third-order valence-electron chi connectivity index (χ3n) is 7.33. The SMILES string of the molecule is CCN(CC)C(=O)C1=C(C)N=c2s/c(=C\c3ccc(OCC(=O)O)c(Br)c3)c(=O)n2[C@H]1c1c(OC)ccc2ccccc12. The number of likely N-dealkylation sites (N-methyl/N-ethyl adjacent to an activating group) is 1. The van der Waals surface area contributed by atoms with Gasteiger partial charge in [0, 0.05) is 18.7 Å². The number of ether oxygens (including phenoxy) is 2. The highest BCUT2D eigenvalue weighted by molar-refractivity contribution is 9.10. The molecule has 1 atom stereocenters. The van der Waals surface area contributed by atoms with Crippen LogP contribution in [0.25, 0.3) is 16.8 Å². The summed E-state index contributed by atoms with van der Waals surface area (Å²) in [5.74, 6) is -0.317. The zero-order valence-corrected chi connectivity index (χ0v) is 26.5. The number of thiazole rings is 1. The maximum atomic E-state index is 14.2. The van der Waals surface area contributed by atoms with Crippen LogP contribution < -0.4 is 24.4 Å². The van der Waals surface area contributed by atoms with Crippen LogP contribution in [0.15, 0.2) is 80.1 Å². The van der Waals surface area contributed by atoms with E-state index in [0.29, 0.717) is 55.2 Å². The number of fused-ring (bicyclic) bond motifs is 2. The van der Waals surface area contributed by atoms with E-state index in [-0.39, 0.29) is 11.5 Å². The molecule has 0 saturated heterocycles. The number of aliphatic carboxylic acids is 1. The van der Waals surface area contributed by atoms with Crippen molar-refractivity contribution in [3.05, 3.63) is 101 Å². The number of allylic oxidation sites excluding steroid dienone is 1. The lowest BCUT2D eigenvalue weighted by Gasteiger charge is -2.30. The summed E-state index contributed by atoms with van der Waals surface area (Å²) < 4.78 is 13.7. The molecule has 0 unspecified atom stereocenters. The zero-order valence-electron chi connectivity index (χ0n) is 24.1. The molecule has 5 rings (SSSR count). The van der Waals surface area contributed by atoms with Crippen LogP contribution in [0.1, 0.15) is 37.9 Å². The van der Waals surface area contributed by atoms with Gasteiger partial charge in [-0.2, -0.15) is 0 Å². The molecule has 9 nitrogen and oxygen atoms in total. The van der Waals surface area contributed by atoms with Crippen LogP contribution >= 0.6 is 27.3 Å². The number of rotatable bonds is 9. The highest BCUT2D eigenvalue weighted by Crippen LogP contribution is 2.40. The second kappa shape index (κ2) is 12.6. The van der Waals surface area contributed by atoms with Gasteiger partial charge in [0.15, 0.2) is 11.4 Å². The minimum atomic E-state index is -1.08. The van der Waals surface area contributed by atoms with Gasteiger partial charge in [-0.1, -0.05) is 47.7 Å². The first-order valence-electron chi connectivity index (χ1n) is 13.7. The minimum Gasteiger partial charge on any atom is -0.496 e. The molecule has 0 saturated carbocycles. The van der Waals surface area contributed by atoms with Crippen molar-refractivity contribution in [2.24, 2.45) is 4.99 Å². The van der Waals surface area contributed by atoms with Crippen LogP contribution in [-0.4, -0.2) is 53.3 Å². The number of aromatic nitrogens is 1. The Hall–Kier alpha value is -4.22. The van der Waals surface area contributed by atoms with Crippen molar-refractivity contribution >= 4 is 56.0 Å². The van der Waals surface area contributed by atoms with Crippen molar-refractivity contribution in [1.29, 1.82) is 0 Å². The first-order valence-corrected chi connectivity index (χ1v) is 15.3. The van der Waals surface area contributed by atoms with E-state index in [2.05, 4.69) is 15.9 Å². The normalized spacial score (nSPS) is 14.8. The molecular formula is C32H30BrN3O6S. The Kier molecular flexibility index (Phi) is 8.84. The number of hydrogen-bond donors (Lipinski definition) is 1. The fraction of sp³-hybridized carbons (Fsp3) is 0.250. The molecular weight excluding hydrogens is 634 g/mol. The summed E-state index contributed by atoms with van der Waals surface area (Å²) in [4.78, 5) is 46.2. The molecule has 1 aliphatic heterocycles. The summed E-state index contributed by atoms with van der Waals surface area (Å²) in [5, 5.41) is 10.8. The lowest BCUT2D eigenvalue weighted by Crippen LogP contribution is -2.43. The number of carbonyl (C=O) groups excluding carboxylic acids is 1. The van der Waals surface area contributed by atoms with Gasteiger partial charge in [-0.25, -0.2) is 9.79 Å². The predicted octanol–water partition coefficient (Wildman–Crippen LogP) is 4.49. The summed E-state index contributed by atoms with van der Waals surface area (Å²) in [6.45, 7) is 6.22. The first-order chi connectivity index (χ1) is 20.7. The van der Waals surface area contributed by atoms with Gasteiger partial charge in [-0.05, 0) is 77.3 Å². The molecule has 1 aromatic heterocycles. The van der Waals surface area contributed by atoms with Gasteiger partial charge in [0.1, 0.15) is 17.5 Å². The third-order valence-corrected chi connectivity index (χ3v) is 8.93. The monoisotopic (exact) mass is 663 g/mol. The number of amides is 1. The standard InChI is InChI=1S/C32H30BrN3O6S/c1-5-35(6-2)31(40)27-18(3)34-32-36(29(27)28-21-10-8-7-9-20(21)12-14-24(28)41-4)30(39)25(43-32)16-19-11-13-23(22(33)15-19)42-17-26(37)38/h7-16,29H,5-6,17H2,1-4H3,(H,37,38)/b25-16-/t29-/m1/s1. The quantitative estimate of drug-likeness (QED) is 0.283. The Balaban J connectivity index is 1.75. The van der Waals surface area contributed by atoms with Crippen molar-refractivity contribution in [2.45, 2.75) is 26.8 Å². The van der Waals surface area contributed by atoms with Gasteiger partial charge in [0.2, 0.25) is 0 Å². The Labute approximate surface area is 260 Å². The number of halogens is 1. The fourth-order valence-corrected chi connectivity index (χ4v) is 6.86. The van der Waals surface area contributed by atoms with Crippen LogP contribution in [0.5, 0.6) is 11.5 Å². The summed E-state index contributed by atoms with van der Waals surface area (Å²) in [5.41, 5.74) is 2.12. The topological polar surface area (TPSA) is 110 Å². The van der Waals surface area contributed by atoms with Crippen LogP contribution in [0, 0.1) is 0 Å². The summed E-state index contributed by atoms with van der Waals surface area (Å²) in [6, 6.07) is 16.0. The highest BCUT2D eigenvalue weighted by atomic mass is 79.9. The van der Waals surface area contributed by atoms with Crippen LogP contribution in [0.3, 0.4) is 0 Å². The molecule has 222 valence electrons. The Morgan fingerprint density at radius 3 is 2.51 bits per heavy atom. The van der Waals surface area contributed by atoms with E-state index in [1.54, 1.807) is 40.9 Å². The van der Waals surface area contributed by atoms with Gasteiger partial charge in [0.25, 0.3) is 11.5 Å². The molecule has 0 radical (unpaired) electrons. The van der Waals surface area contributed by atoms with Crippen molar-refractivity contribution < 1.29 is 24.2 Å². The molecule has 2 heterocycles. The minimum absolute atomic E-state index is 0.179. The smallest absolute Gasteiger partial charge is 0.341 e. The molecule has 0 spiro atoms. The number of methoxy groups -OCH3 is 1. The van der Waals surface area contributed by atoms with Crippen LogP contribution in [0.2, 0.25) is 0 Å². The molecule has 0 bridgehead atoms. The number of carboxylic acid groups (broad SMARTS) is 1. The maximum Gasteiger partial charge on any atom is 0.341 e. The van der Waals surface area contributed by atoms with E-state index in [1.165, 1.54) is 11.3 Å². The van der Waals surface area contributed by atoms with Crippen molar-refractivity contribution in [3.8, 4) is 11.5 Å². The molecule has 1 amide bonds. The fourth-order valence-electron chi connectivity index (χ4n) is 5.30. The number of carbonyl (C=O) groups is 2. The van der Waals surface area contributed by atoms with Crippen LogP contribution in [0.4, 0.5) is 0 Å². The summed E-state index contributed by atoms with van der Waals surface area (Å²) in [6.07, 6.45) is 1.75. The molecule has 1 aliphatic rings. The Morgan fingerprint density at radius 2 is 1.84 bits per heavy atom. The number of hydrogen-bond acceptors (Lipinski definition) is 7. The van der Waals surface area contributed by atoms with Gasteiger partial charge < -0.3 is 19.5 Å². The van der Waals surface area contributed by atoms with E-state index >= 15 is 0 Å². The van der Waals surface area contributed by atoms with Gasteiger partial charge >= 0.3 is 5.97 Å². The van der Waals surface area contributed by atoms with Crippen LogP contribution in [-0.2, 0) is 9.59 Å². The van der Waals surface area contributed by atoms with E-state index in [0.717, 1.165) is 16.3 Å². The average Bonchev–Trinajstić information content (AvgIpc) is 3.29. The van der Waals surface area contributed by atoms with Gasteiger partial charge in [-0.15, -0.1) is 0 Å². The van der Waals surface area contributed by atoms with E-state index < -0.39 is 18.6 Å². The molecule has 4 aromatic rings. The number of carboxylic acids is 1. The number of benzene rings is 3. The highest BCUT2D eigenvalue weighted by Gasteiger charge is 2.36. The predicted molar refractivity (Wildman–Crippen MR) is 169 cm³/mol. The molecule has 3 aromatic carbocycles. The largest absolute Gasteiger partial charge is 0.496 e. The first kappa shape index (κ1) is 30.2. The van der Waals surface area contributed by atoms with E-state index in [4.69, 9.17) is 19.6 Å². The Morgan fingerprint density at radius 1 is 1.12 bits per heavy atom. The summed E-state index contributed by atoms with van der Waals surface area (Å²) >= 11 is 4.66. The Bertz CT molecular complexity index is 1960. The maximum absolute atomic E-state index is 14.2. The van der Waals surface area contributed by atoms with Crippen molar-refractivity contribution in [2.75, 3.05) is 26.8 Å². The zero-order chi connectivity index (χ0) is 30.8. The molecule has 0 fully saturated rings. The second-order valence-corrected chi connectivity index (χ2v) is 11.7. The molecule has 11 heteroatoms. The molecule has 0 aliphatic carbocycles. The van der Waals surface area contributed by atoms with E-state index in [1.807, 2.05) is 57.2 Å². The average molecular weight is 665 g/mol. The van der Waals surface area contributed by atoms with Crippen molar-refractivity contribution in [3.63, 3.8) is 0 Å². The van der Waals surface area contributed by atoms with Crippen molar-refractivity contribution in [1.82, 2.24) is 9.47 Å². The number of nitrogens with zero attached hydrogens (tertiary/aromatic N) is 3. The van der Waals surface area contributed by atoms with Gasteiger partial charge in [0.05, 0.1) is 27.4 Å². The lowest BCUT2D eigenvalue weighted by atomic mass is 9.90.